The van der Waals surface area contributed by atoms with E-state index in [0.29, 0.717) is 23.7 Å². The lowest BCUT2D eigenvalue weighted by Gasteiger charge is -2.25. The number of hydrogen-bond acceptors (Lipinski definition) is 6. The van der Waals surface area contributed by atoms with Crippen LogP contribution in [0.4, 0.5) is 11.4 Å². The molecule has 2 N–H and O–H groups in total. The second kappa shape index (κ2) is 9.88. The van der Waals surface area contributed by atoms with Gasteiger partial charge in [-0.15, -0.1) is 0 Å². The summed E-state index contributed by atoms with van der Waals surface area (Å²) in [6, 6.07) is 8.09. The van der Waals surface area contributed by atoms with Gasteiger partial charge in [-0.2, -0.15) is 0 Å². The predicted octanol–water partition coefficient (Wildman–Crippen LogP) is 2.60. The van der Waals surface area contributed by atoms with Crippen LogP contribution in [-0.2, 0) is 16.1 Å². The first-order valence-corrected chi connectivity index (χ1v) is 9.64. The number of carbonyl (C=O) groups is 2. The molecular formula is C21H25N3O5. The van der Waals surface area contributed by atoms with Gasteiger partial charge in [-0.05, 0) is 50.2 Å². The zero-order chi connectivity index (χ0) is 20.6. The number of ether oxygens (including phenoxy) is 1. The number of rotatable bonds is 7. The molecule has 2 heterocycles. The van der Waals surface area contributed by atoms with E-state index < -0.39 is 5.91 Å². The molecule has 0 atom stereocenters. The fraction of sp³-hybridized carbons (Fsp3) is 0.381. The maximum atomic E-state index is 12.2. The molecule has 29 heavy (non-hydrogen) atoms. The Morgan fingerprint density at radius 1 is 1.07 bits per heavy atom. The van der Waals surface area contributed by atoms with Gasteiger partial charge in [0.1, 0.15) is 12.0 Å². The third kappa shape index (κ3) is 6.46. The van der Waals surface area contributed by atoms with Crippen LogP contribution < -0.4 is 20.8 Å². The summed E-state index contributed by atoms with van der Waals surface area (Å²) < 4.78 is 10.8. The summed E-state index contributed by atoms with van der Waals surface area (Å²) in [5.74, 6) is 0.0153. The molecule has 0 bridgehead atoms. The van der Waals surface area contributed by atoms with E-state index >= 15 is 0 Å². The molecule has 1 fully saturated rings. The van der Waals surface area contributed by atoms with Gasteiger partial charge < -0.3 is 19.8 Å². The molecule has 2 aromatic rings. The molecule has 8 nitrogen and oxygen atoms in total. The molecular weight excluding hydrogens is 374 g/mol. The number of nitrogens with one attached hydrogen (secondary N) is 2. The van der Waals surface area contributed by atoms with Gasteiger partial charge in [-0.25, -0.2) is 0 Å². The number of likely N-dealkylation sites (tertiary alicyclic amines) is 1. The molecule has 0 aliphatic carbocycles. The number of benzene rings is 1. The van der Waals surface area contributed by atoms with Crippen molar-refractivity contribution in [1.82, 2.24) is 4.90 Å². The van der Waals surface area contributed by atoms with E-state index in [2.05, 4.69) is 15.5 Å². The highest BCUT2D eigenvalue weighted by molar-refractivity contribution is 5.93. The van der Waals surface area contributed by atoms with Crippen LogP contribution in [0.25, 0.3) is 0 Å². The van der Waals surface area contributed by atoms with Crippen LogP contribution >= 0.6 is 0 Å². The minimum Gasteiger partial charge on any atom is -0.477 e. The fourth-order valence-electron chi connectivity index (χ4n) is 3.15. The quantitative estimate of drug-likeness (QED) is 0.742. The molecule has 1 saturated heterocycles. The Bertz CT molecular complexity index is 901. The molecule has 1 aliphatic heterocycles. The molecule has 1 aromatic carbocycles. The monoisotopic (exact) mass is 399 g/mol. The number of piperidine rings is 1. The molecule has 0 unspecified atom stereocenters. The van der Waals surface area contributed by atoms with Crippen LogP contribution in [0, 0.1) is 0 Å². The van der Waals surface area contributed by atoms with Crippen molar-refractivity contribution in [2.45, 2.75) is 32.7 Å². The zero-order valence-corrected chi connectivity index (χ0v) is 16.4. The molecule has 2 amide bonds. The van der Waals surface area contributed by atoms with E-state index in [1.54, 1.807) is 24.3 Å². The third-order valence-corrected chi connectivity index (χ3v) is 4.53. The van der Waals surface area contributed by atoms with Gasteiger partial charge in [0.25, 0.3) is 5.91 Å². The maximum Gasteiger partial charge on any atom is 0.262 e. The first-order valence-electron chi connectivity index (χ1n) is 9.64. The topological polar surface area (TPSA) is 101 Å². The maximum absolute atomic E-state index is 12.2. The first kappa shape index (κ1) is 20.6. The van der Waals surface area contributed by atoms with E-state index in [9.17, 15) is 14.4 Å². The summed E-state index contributed by atoms with van der Waals surface area (Å²) in [6.45, 7) is 3.72. The average Bonchev–Trinajstić information content (AvgIpc) is 2.69. The van der Waals surface area contributed by atoms with Crippen molar-refractivity contribution in [3.05, 3.63) is 52.6 Å². The van der Waals surface area contributed by atoms with Gasteiger partial charge in [0.15, 0.2) is 6.61 Å². The Morgan fingerprint density at radius 2 is 1.72 bits per heavy atom. The standard InChI is InChI=1S/C21H25N3O5/c1-15(25)22-16-5-7-17(8-6-16)23-21(27)14-29-20-13-28-18(11-19(20)26)12-24-9-3-2-4-10-24/h5-8,11,13H,2-4,9-10,12,14H2,1H3,(H,22,25)(H,23,27). The summed E-state index contributed by atoms with van der Waals surface area (Å²) in [6.07, 6.45) is 4.83. The minimum atomic E-state index is -0.408. The van der Waals surface area contributed by atoms with Crippen molar-refractivity contribution in [1.29, 1.82) is 0 Å². The third-order valence-electron chi connectivity index (χ3n) is 4.53. The molecule has 0 spiro atoms. The number of anilines is 2. The molecule has 1 aliphatic rings. The van der Waals surface area contributed by atoms with Crippen molar-refractivity contribution >= 4 is 23.2 Å². The summed E-state index contributed by atoms with van der Waals surface area (Å²) in [5, 5.41) is 5.31. The van der Waals surface area contributed by atoms with Crippen LogP contribution in [0.15, 0.2) is 45.8 Å². The molecule has 0 saturated carbocycles. The van der Waals surface area contributed by atoms with Crippen LogP contribution in [0.5, 0.6) is 5.75 Å². The fourth-order valence-corrected chi connectivity index (χ4v) is 3.15. The highest BCUT2D eigenvalue weighted by Crippen LogP contribution is 2.15. The number of hydrogen-bond donors (Lipinski definition) is 2. The van der Waals surface area contributed by atoms with Gasteiger partial charge >= 0.3 is 0 Å². The predicted molar refractivity (Wildman–Crippen MR) is 109 cm³/mol. The average molecular weight is 399 g/mol. The normalized spacial score (nSPS) is 14.2. The van der Waals surface area contributed by atoms with Crippen LogP contribution in [0.1, 0.15) is 31.9 Å². The van der Waals surface area contributed by atoms with Crippen LogP contribution in [0.2, 0.25) is 0 Å². The smallest absolute Gasteiger partial charge is 0.262 e. The Labute approximate surface area is 168 Å². The summed E-state index contributed by atoms with van der Waals surface area (Å²) in [7, 11) is 0. The Balaban J connectivity index is 1.49. The highest BCUT2D eigenvalue weighted by Gasteiger charge is 2.13. The van der Waals surface area contributed by atoms with E-state index in [4.69, 9.17) is 9.15 Å². The van der Waals surface area contributed by atoms with E-state index in [1.165, 1.54) is 25.7 Å². The second-order valence-electron chi connectivity index (χ2n) is 7.01. The number of amides is 2. The van der Waals surface area contributed by atoms with E-state index in [1.807, 2.05) is 0 Å². The van der Waals surface area contributed by atoms with Gasteiger partial charge in [-0.1, -0.05) is 6.42 Å². The van der Waals surface area contributed by atoms with Crippen molar-refractivity contribution in [2.24, 2.45) is 0 Å². The van der Waals surface area contributed by atoms with Gasteiger partial charge in [0.05, 0.1) is 6.54 Å². The molecule has 3 rings (SSSR count). The lowest BCUT2D eigenvalue weighted by atomic mass is 10.1. The second-order valence-corrected chi connectivity index (χ2v) is 7.01. The lowest BCUT2D eigenvalue weighted by Crippen LogP contribution is -2.29. The largest absolute Gasteiger partial charge is 0.477 e. The van der Waals surface area contributed by atoms with Crippen molar-refractivity contribution in [3.8, 4) is 5.75 Å². The first-order chi connectivity index (χ1) is 14.0. The molecule has 8 heteroatoms. The number of nitrogens with zero attached hydrogens (tertiary/aromatic N) is 1. The zero-order valence-electron chi connectivity index (χ0n) is 16.4. The minimum absolute atomic E-state index is 0.00329. The summed E-state index contributed by atoms with van der Waals surface area (Å²) >= 11 is 0. The summed E-state index contributed by atoms with van der Waals surface area (Å²) in [5.41, 5.74) is 0.876. The van der Waals surface area contributed by atoms with E-state index in [0.717, 1.165) is 25.9 Å². The van der Waals surface area contributed by atoms with E-state index in [-0.39, 0.29) is 23.7 Å². The van der Waals surface area contributed by atoms with Crippen LogP contribution in [-0.4, -0.2) is 36.4 Å². The SMILES string of the molecule is CC(=O)Nc1ccc(NC(=O)COc2coc(CN3CCCCC3)cc2=O)cc1. The lowest BCUT2D eigenvalue weighted by molar-refractivity contribution is -0.118. The van der Waals surface area contributed by atoms with Crippen molar-refractivity contribution in [3.63, 3.8) is 0 Å². The highest BCUT2D eigenvalue weighted by atomic mass is 16.5. The Kier molecular flexibility index (Phi) is 7.02. The molecule has 0 radical (unpaired) electrons. The summed E-state index contributed by atoms with van der Waals surface area (Å²) in [4.78, 5) is 37.5. The molecule has 1 aromatic heterocycles. The van der Waals surface area contributed by atoms with Gasteiger partial charge in [0.2, 0.25) is 17.1 Å². The van der Waals surface area contributed by atoms with Gasteiger partial charge in [0, 0.05) is 24.4 Å². The van der Waals surface area contributed by atoms with Crippen molar-refractivity contribution in [2.75, 3.05) is 30.3 Å². The Hall–Kier alpha value is -3.13. The Morgan fingerprint density at radius 3 is 2.34 bits per heavy atom. The van der Waals surface area contributed by atoms with Crippen LogP contribution in [0.3, 0.4) is 0 Å². The molecule has 154 valence electrons. The van der Waals surface area contributed by atoms with Gasteiger partial charge in [-0.3, -0.25) is 19.3 Å². The number of carbonyl (C=O) groups excluding carboxylic acids is 2. The van der Waals surface area contributed by atoms with Crippen molar-refractivity contribution < 1.29 is 18.7 Å².